The van der Waals surface area contributed by atoms with E-state index in [9.17, 15) is 14.0 Å². The van der Waals surface area contributed by atoms with Crippen molar-refractivity contribution >= 4 is 51.9 Å². The third-order valence-corrected chi connectivity index (χ3v) is 7.30. The van der Waals surface area contributed by atoms with Crippen LogP contribution in [0.25, 0.3) is 6.08 Å². The van der Waals surface area contributed by atoms with E-state index in [1.54, 1.807) is 12.1 Å². The number of rotatable bonds is 5. The van der Waals surface area contributed by atoms with Crippen molar-refractivity contribution < 1.29 is 18.7 Å². The van der Waals surface area contributed by atoms with Gasteiger partial charge in [0.15, 0.2) is 18.2 Å². The second-order valence-electron chi connectivity index (χ2n) is 8.63. The van der Waals surface area contributed by atoms with Gasteiger partial charge in [0, 0.05) is 6.54 Å². The predicted octanol–water partition coefficient (Wildman–Crippen LogP) is 4.23. The Morgan fingerprint density at radius 3 is 2.44 bits per heavy atom. The number of likely N-dealkylation sites (tertiary alicyclic amines) is 1. The normalized spacial score (nSPS) is 19.9. The first-order valence-corrected chi connectivity index (χ1v) is 12.5. The molecule has 0 bridgehead atoms. The van der Waals surface area contributed by atoms with Crippen LogP contribution in [0.3, 0.4) is 0 Å². The first-order valence-electron chi connectivity index (χ1n) is 11.3. The van der Waals surface area contributed by atoms with Gasteiger partial charge in [-0.15, -0.1) is 0 Å². The molecule has 9 heteroatoms. The van der Waals surface area contributed by atoms with E-state index in [1.165, 1.54) is 35.8 Å². The molecule has 0 radical (unpaired) electrons. The molecule has 2 aromatic carbocycles. The predicted molar refractivity (Wildman–Crippen MR) is 135 cm³/mol. The Balaban J connectivity index is 1.37. The summed E-state index contributed by atoms with van der Waals surface area (Å²) in [6.07, 6.45) is 5.38. The van der Waals surface area contributed by atoms with Crippen LogP contribution in [0.2, 0.25) is 0 Å². The number of amides is 2. The van der Waals surface area contributed by atoms with Gasteiger partial charge < -0.3 is 15.0 Å². The van der Waals surface area contributed by atoms with Crippen molar-refractivity contribution in [2.45, 2.75) is 32.4 Å². The summed E-state index contributed by atoms with van der Waals surface area (Å²) in [7, 11) is 0. The highest BCUT2D eigenvalue weighted by Gasteiger charge is 2.29. The third-order valence-electron chi connectivity index (χ3n) is 6.14. The maximum Gasteiger partial charge on any atom is 0.265 e. The fraction of sp³-hybridized carbons (Fsp3) is 0.320. The number of hydrogen-bond donors (Lipinski definition) is 1. The fourth-order valence-corrected chi connectivity index (χ4v) is 5.47. The summed E-state index contributed by atoms with van der Waals surface area (Å²) in [5, 5.41) is 2.54. The number of thioether (sulfide) groups is 1. The molecule has 3 aliphatic heterocycles. The maximum atomic E-state index is 14.9. The van der Waals surface area contributed by atoms with Gasteiger partial charge in [-0.1, -0.05) is 54.7 Å². The molecule has 2 amide bonds. The van der Waals surface area contributed by atoms with Crippen molar-refractivity contribution in [2.24, 2.45) is 0 Å². The largest absolute Gasteiger partial charge is 0.478 e. The summed E-state index contributed by atoms with van der Waals surface area (Å²) in [6.45, 7) is 3.29. The number of thiocarbonyl (C=S) groups is 1. The highest BCUT2D eigenvalue weighted by atomic mass is 32.2. The van der Waals surface area contributed by atoms with Crippen LogP contribution < -0.4 is 15.0 Å². The summed E-state index contributed by atoms with van der Waals surface area (Å²) in [5.74, 6) is -1.10. The molecule has 1 N–H and O–H groups in total. The lowest BCUT2D eigenvalue weighted by Gasteiger charge is -2.30. The summed E-state index contributed by atoms with van der Waals surface area (Å²) < 4.78 is 20.6. The summed E-state index contributed by atoms with van der Waals surface area (Å²) >= 11 is 6.14. The zero-order chi connectivity index (χ0) is 23.7. The molecule has 176 valence electrons. The van der Waals surface area contributed by atoms with Crippen LogP contribution in [-0.2, 0) is 22.7 Å². The molecule has 3 heterocycles. The number of hydrogen-bond acceptors (Lipinski definition) is 6. The lowest BCUT2D eigenvalue weighted by molar-refractivity contribution is -0.121. The van der Waals surface area contributed by atoms with E-state index in [2.05, 4.69) is 22.3 Å². The van der Waals surface area contributed by atoms with Crippen LogP contribution in [0, 0.1) is 5.82 Å². The van der Waals surface area contributed by atoms with Gasteiger partial charge in [-0.05, 0) is 60.8 Å². The average Bonchev–Trinajstić information content (AvgIpc) is 3.14. The van der Waals surface area contributed by atoms with Gasteiger partial charge >= 0.3 is 0 Å². The highest BCUT2D eigenvalue weighted by Crippen LogP contribution is 2.38. The fourth-order valence-electron chi connectivity index (χ4n) is 4.43. The standard InChI is InChI=1S/C25H24FN3O3S2/c26-19-10-18(12-21-24(31)27-25(33)34-21)11-20-23(19)32-15-22(30)29(20)14-17-6-4-16(5-7-17)13-28-8-2-1-3-9-28/h4-7,10-12H,1-3,8-9,13-15H2,(H,27,31,33). The quantitative estimate of drug-likeness (QED) is 0.493. The first kappa shape index (κ1) is 23.0. The van der Waals surface area contributed by atoms with Gasteiger partial charge in [-0.25, -0.2) is 4.39 Å². The summed E-state index contributed by atoms with van der Waals surface area (Å²) in [6, 6.07) is 11.2. The number of fused-ring (bicyclic) bond motifs is 1. The van der Waals surface area contributed by atoms with Crippen molar-refractivity contribution in [1.29, 1.82) is 0 Å². The Hall–Kier alpha value is -2.75. The zero-order valence-electron chi connectivity index (χ0n) is 18.5. The minimum Gasteiger partial charge on any atom is -0.478 e. The highest BCUT2D eigenvalue weighted by molar-refractivity contribution is 8.26. The van der Waals surface area contributed by atoms with Crippen LogP contribution in [0.5, 0.6) is 5.75 Å². The molecule has 0 saturated carbocycles. The lowest BCUT2D eigenvalue weighted by atomic mass is 10.1. The topological polar surface area (TPSA) is 61.9 Å². The van der Waals surface area contributed by atoms with Gasteiger partial charge in [-0.2, -0.15) is 0 Å². The Morgan fingerprint density at radius 1 is 1.06 bits per heavy atom. The second-order valence-corrected chi connectivity index (χ2v) is 10.3. The van der Waals surface area contributed by atoms with Crippen LogP contribution in [0.15, 0.2) is 41.3 Å². The third kappa shape index (κ3) is 5.01. The molecule has 0 atom stereocenters. The van der Waals surface area contributed by atoms with Crippen LogP contribution in [0.1, 0.15) is 36.0 Å². The number of nitrogens with one attached hydrogen (secondary N) is 1. The summed E-state index contributed by atoms with van der Waals surface area (Å²) in [5.41, 5.74) is 3.00. The molecule has 3 aliphatic rings. The van der Waals surface area contributed by atoms with Gasteiger partial charge in [0.05, 0.1) is 17.1 Å². The van der Waals surface area contributed by atoms with Crippen LogP contribution in [-0.4, -0.2) is 40.7 Å². The molecular weight excluding hydrogens is 473 g/mol. The molecule has 0 spiro atoms. The number of carbonyl (C=O) groups excluding carboxylic acids is 2. The Labute approximate surface area is 207 Å². The van der Waals surface area contributed by atoms with E-state index in [4.69, 9.17) is 17.0 Å². The molecule has 2 fully saturated rings. The van der Waals surface area contributed by atoms with Gasteiger partial charge in [0.25, 0.3) is 11.8 Å². The van der Waals surface area contributed by atoms with Crippen LogP contribution in [0.4, 0.5) is 10.1 Å². The van der Waals surface area contributed by atoms with E-state index in [1.807, 2.05) is 12.1 Å². The van der Waals surface area contributed by atoms with E-state index in [0.29, 0.717) is 27.0 Å². The molecule has 5 rings (SSSR count). The molecule has 0 aromatic heterocycles. The smallest absolute Gasteiger partial charge is 0.265 e. The second kappa shape index (κ2) is 9.85. The Bertz CT molecular complexity index is 1180. The summed E-state index contributed by atoms with van der Waals surface area (Å²) in [4.78, 5) is 29.1. The van der Waals surface area contributed by atoms with Crippen LogP contribution >= 0.6 is 24.0 Å². The van der Waals surface area contributed by atoms with Crippen molar-refractivity contribution in [1.82, 2.24) is 10.2 Å². The van der Waals surface area contributed by atoms with Gasteiger partial charge in [-0.3, -0.25) is 14.5 Å². The van der Waals surface area contributed by atoms with Crippen molar-refractivity contribution in [3.05, 3.63) is 63.8 Å². The molecule has 2 aromatic rings. The lowest BCUT2D eigenvalue weighted by Crippen LogP contribution is -2.38. The number of piperidine rings is 1. The van der Waals surface area contributed by atoms with E-state index in [-0.39, 0.29) is 24.2 Å². The minimum absolute atomic E-state index is 0.0440. The van der Waals surface area contributed by atoms with Crippen molar-refractivity contribution in [3.63, 3.8) is 0 Å². The SMILES string of the molecule is O=C1NC(=S)SC1=Cc1cc(F)c2c(c1)N(Cc1ccc(CN3CCCCC3)cc1)C(=O)CO2. The maximum absolute atomic E-state index is 14.9. The zero-order valence-corrected chi connectivity index (χ0v) is 20.1. The molecule has 6 nitrogen and oxygen atoms in total. The minimum atomic E-state index is -0.579. The number of benzene rings is 2. The van der Waals surface area contributed by atoms with E-state index >= 15 is 0 Å². The Morgan fingerprint density at radius 2 is 1.76 bits per heavy atom. The number of carbonyl (C=O) groups is 2. The molecule has 0 unspecified atom stereocenters. The number of nitrogens with zero attached hydrogens (tertiary/aromatic N) is 2. The molecule has 34 heavy (non-hydrogen) atoms. The molecule has 0 aliphatic carbocycles. The first-order chi connectivity index (χ1) is 16.5. The van der Waals surface area contributed by atoms with Crippen molar-refractivity contribution in [3.8, 4) is 5.75 Å². The monoisotopic (exact) mass is 497 g/mol. The number of ether oxygens (including phenoxy) is 1. The van der Waals surface area contributed by atoms with Crippen molar-refractivity contribution in [2.75, 3.05) is 24.6 Å². The van der Waals surface area contributed by atoms with Gasteiger partial charge in [0.1, 0.15) is 4.32 Å². The Kier molecular flexibility index (Phi) is 6.67. The van der Waals surface area contributed by atoms with E-state index < -0.39 is 5.82 Å². The average molecular weight is 498 g/mol. The molecule has 2 saturated heterocycles. The van der Waals surface area contributed by atoms with E-state index in [0.717, 1.165) is 37.0 Å². The number of anilines is 1. The van der Waals surface area contributed by atoms with Gasteiger partial charge in [0.2, 0.25) is 0 Å². The molecular formula is C25H24FN3O3S2. The number of halogens is 1.